The molecule has 2 aromatic rings. The SMILES string of the molecule is COc1cc(OC)c(N2C(=NC(=O)Cc3ccc(C)cc3)S[C@@H]3CS(=O)(=O)C[C@@H]32)cc1Cl. The molecule has 2 aliphatic heterocycles. The molecule has 2 atom stereocenters. The fourth-order valence-corrected chi connectivity index (χ4v) is 8.06. The van der Waals surface area contributed by atoms with E-state index < -0.39 is 9.84 Å². The van der Waals surface area contributed by atoms with E-state index >= 15 is 0 Å². The number of nitrogens with zero attached hydrogens (tertiary/aromatic N) is 2. The molecule has 2 aliphatic rings. The maximum Gasteiger partial charge on any atom is 0.252 e. The third-order valence-corrected chi connectivity index (χ3v) is 8.98. The van der Waals surface area contributed by atoms with Gasteiger partial charge in [-0.15, -0.1) is 0 Å². The summed E-state index contributed by atoms with van der Waals surface area (Å²) in [6.45, 7) is 1.99. The summed E-state index contributed by atoms with van der Waals surface area (Å²) in [6, 6.07) is 10.6. The zero-order valence-electron chi connectivity index (χ0n) is 17.9. The molecule has 1 amide bonds. The molecule has 0 bridgehead atoms. The van der Waals surface area contributed by atoms with Crippen LogP contribution in [0.2, 0.25) is 5.02 Å². The number of amides is 1. The third-order valence-electron chi connectivity index (χ3n) is 5.48. The minimum absolute atomic E-state index is 0.0252. The number of rotatable bonds is 5. The second-order valence-electron chi connectivity index (χ2n) is 7.78. The molecule has 10 heteroatoms. The van der Waals surface area contributed by atoms with Crippen LogP contribution >= 0.6 is 23.4 Å². The van der Waals surface area contributed by atoms with Gasteiger partial charge in [-0.05, 0) is 18.6 Å². The minimum atomic E-state index is -3.19. The highest BCUT2D eigenvalue weighted by molar-refractivity contribution is 8.16. The normalized spacial score (nSPS) is 22.8. The van der Waals surface area contributed by atoms with Crippen LogP contribution in [0.15, 0.2) is 41.4 Å². The highest BCUT2D eigenvalue weighted by atomic mass is 35.5. The molecule has 4 rings (SSSR count). The Morgan fingerprint density at radius 3 is 2.50 bits per heavy atom. The number of ether oxygens (including phenoxy) is 2. The number of fused-ring (bicyclic) bond motifs is 1. The number of benzene rings is 2. The van der Waals surface area contributed by atoms with E-state index in [4.69, 9.17) is 21.1 Å². The Morgan fingerprint density at radius 2 is 1.84 bits per heavy atom. The molecule has 0 spiro atoms. The molecule has 2 saturated heterocycles. The van der Waals surface area contributed by atoms with Crippen molar-refractivity contribution >= 4 is 50.0 Å². The quantitative estimate of drug-likeness (QED) is 0.628. The van der Waals surface area contributed by atoms with Crippen LogP contribution < -0.4 is 14.4 Å². The molecule has 2 heterocycles. The summed E-state index contributed by atoms with van der Waals surface area (Å²) in [5, 5.41) is 0.575. The van der Waals surface area contributed by atoms with Gasteiger partial charge in [0.25, 0.3) is 5.91 Å². The van der Waals surface area contributed by atoms with Crippen molar-refractivity contribution in [3.05, 3.63) is 52.5 Å². The maximum atomic E-state index is 12.8. The number of amidine groups is 1. The molecule has 0 aliphatic carbocycles. The van der Waals surface area contributed by atoms with E-state index in [9.17, 15) is 13.2 Å². The topological polar surface area (TPSA) is 85.3 Å². The molecule has 32 heavy (non-hydrogen) atoms. The second kappa shape index (κ2) is 8.96. The minimum Gasteiger partial charge on any atom is -0.495 e. The van der Waals surface area contributed by atoms with Gasteiger partial charge in [-0.3, -0.25) is 4.79 Å². The lowest BCUT2D eigenvalue weighted by atomic mass is 10.1. The first-order valence-electron chi connectivity index (χ1n) is 9.95. The van der Waals surface area contributed by atoms with Gasteiger partial charge < -0.3 is 14.4 Å². The largest absolute Gasteiger partial charge is 0.495 e. The van der Waals surface area contributed by atoms with Crippen LogP contribution in [0.4, 0.5) is 5.69 Å². The van der Waals surface area contributed by atoms with Crippen molar-refractivity contribution in [1.29, 1.82) is 0 Å². The Morgan fingerprint density at radius 1 is 1.16 bits per heavy atom. The summed E-state index contributed by atoms with van der Waals surface area (Å²) in [4.78, 5) is 18.9. The first kappa shape index (κ1) is 22.9. The first-order valence-corrected chi connectivity index (χ1v) is 13.0. The van der Waals surface area contributed by atoms with Gasteiger partial charge in [0, 0.05) is 11.3 Å². The molecule has 0 unspecified atom stereocenters. The molecule has 0 aromatic heterocycles. The van der Waals surface area contributed by atoms with E-state index in [0.717, 1.165) is 11.1 Å². The molecule has 2 aromatic carbocycles. The molecule has 0 saturated carbocycles. The summed E-state index contributed by atoms with van der Waals surface area (Å²) >= 11 is 7.68. The number of aliphatic imine (C=N–C) groups is 1. The summed E-state index contributed by atoms with van der Waals surface area (Å²) < 4.78 is 35.4. The number of methoxy groups -OCH3 is 2. The molecule has 170 valence electrons. The molecular weight excluding hydrogens is 472 g/mol. The van der Waals surface area contributed by atoms with Crippen LogP contribution in [0.25, 0.3) is 0 Å². The van der Waals surface area contributed by atoms with Gasteiger partial charge in [0.2, 0.25) is 0 Å². The number of halogens is 1. The fraction of sp³-hybridized carbons (Fsp3) is 0.364. The lowest BCUT2D eigenvalue weighted by Crippen LogP contribution is -2.38. The Kier molecular flexibility index (Phi) is 6.42. The number of carbonyl (C=O) groups is 1. The van der Waals surface area contributed by atoms with E-state index in [1.165, 1.54) is 26.0 Å². The Hall–Kier alpha value is -2.23. The van der Waals surface area contributed by atoms with Gasteiger partial charge in [0.05, 0.1) is 48.9 Å². The zero-order chi connectivity index (χ0) is 23.0. The van der Waals surface area contributed by atoms with Gasteiger partial charge in [0.1, 0.15) is 11.5 Å². The van der Waals surface area contributed by atoms with Crippen LogP contribution in [0.3, 0.4) is 0 Å². The number of hydrogen-bond donors (Lipinski definition) is 0. The molecule has 0 N–H and O–H groups in total. The van der Waals surface area contributed by atoms with Gasteiger partial charge in [-0.2, -0.15) is 4.99 Å². The number of anilines is 1. The van der Waals surface area contributed by atoms with Crippen molar-refractivity contribution in [3.8, 4) is 11.5 Å². The number of hydrogen-bond acceptors (Lipinski definition) is 6. The first-order chi connectivity index (χ1) is 15.2. The van der Waals surface area contributed by atoms with Crippen molar-refractivity contribution in [2.24, 2.45) is 4.99 Å². The lowest BCUT2D eigenvalue weighted by molar-refractivity contribution is -0.117. The fourth-order valence-electron chi connectivity index (χ4n) is 3.91. The highest BCUT2D eigenvalue weighted by Gasteiger charge is 2.50. The molecule has 7 nitrogen and oxygen atoms in total. The predicted molar refractivity (Wildman–Crippen MR) is 128 cm³/mol. The van der Waals surface area contributed by atoms with E-state index in [2.05, 4.69) is 4.99 Å². The molecule has 0 radical (unpaired) electrons. The van der Waals surface area contributed by atoms with Gasteiger partial charge >= 0.3 is 0 Å². The second-order valence-corrected chi connectivity index (χ2v) is 11.5. The zero-order valence-corrected chi connectivity index (χ0v) is 20.3. The monoisotopic (exact) mass is 494 g/mol. The van der Waals surface area contributed by atoms with E-state index in [1.807, 2.05) is 31.2 Å². The third kappa shape index (κ3) is 4.60. The van der Waals surface area contributed by atoms with Crippen LogP contribution in [-0.2, 0) is 21.1 Å². The van der Waals surface area contributed by atoms with Crippen molar-refractivity contribution in [3.63, 3.8) is 0 Å². The number of thioether (sulfide) groups is 1. The van der Waals surface area contributed by atoms with Gasteiger partial charge in [-0.25, -0.2) is 8.42 Å². The van der Waals surface area contributed by atoms with Crippen LogP contribution in [0.1, 0.15) is 11.1 Å². The average molecular weight is 495 g/mol. The number of aryl methyl sites for hydroxylation is 1. The molecular formula is C22H23ClN2O5S2. The van der Waals surface area contributed by atoms with Crippen molar-refractivity contribution in [2.75, 3.05) is 30.6 Å². The lowest BCUT2D eigenvalue weighted by Gasteiger charge is -2.26. The molecule has 2 fully saturated rings. The summed E-state index contributed by atoms with van der Waals surface area (Å²) in [6.07, 6.45) is 0.159. The summed E-state index contributed by atoms with van der Waals surface area (Å²) in [5.74, 6) is 0.598. The van der Waals surface area contributed by atoms with Crippen LogP contribution in [0.5, 0.6) is 11.5 Å². The average Bonchev–Trinajstić information content (AvgIpc) is 3.20. The maximum absolute atomic E-state index is 12.8. The van der Waals surface area contributed by atoms with E-state index in [1.54, 1.807) is 17.0 Å². The predicted octanol–water partition coefficient (Wildman–Crippen LogP) is 3.51. The van der Waals surface area contributed by atoms with Crippen LogP contribution in [-0.4, -0.2) is 56.5 Å². The summed E-state index contributed by atoms with van der Waals surface area (Å²) in [7, 11) is -0.181. The van der Waals surface area contributed by atoms with E-state index in [0.29, 0.717) is 27.4 Å². The Balaban J connectivity index is 1.72. The van der Waals surface area contributed by atoms with Crippen molar-refractivity contribution < 1.29 is 22.7 Å². The summed E-state index contributed by atoms with van der Waals surface area (Å²) in [5.41, 5.74) is 2.53. The van der Waals surface area contributed by atoms with Crippen molar-refractivity contribution in [2.45, 2.75) is 24.6 Å². The van der Waals surface area contributed by atoms with Crippen LogP contribution in [0, 0.1) is 6.92 Å². The van der Waals surface area contributed by atoms with Crippen molar-refractivity contribution in [1.82, 2.24) is 0 Å². The number of sulfone groups is 1. The van der Waals surface area contributed by atoms with Gasteiger partial charge in [0.15, 0.2) is 15.0 Å². The van der Waals surface area contributed by atoms with E-state index in [-0.39, 0.29) is 35.1 Å². The highest BCUT2D eigenvalue weighted by Crippen LogP contribution is 2.46. The number of carbonyl (C=O) groups excluding carboxylic acids is 1. The Labute approximate surface area is 196 Å². The smallest absolute Gasteiger partial charge is 0.252 e. The Bertz CT molecular complexity index is 1180. The van der Waals surface area contributed by atoms with Gasteiger partial charge in [-0.1, -0.05) is 53.2 Å². The standard InChI is InChI=1S/C22H23ClN2O5S2/c1-13-4-6-14(7-5-13)8-21(26)24-22-25(17-11-32(27,28)12-20(17)31-22)16-9-15(23)18(29-2)10-19(16)30-3/h4-7,9-10,17,20H,8,11-12H2,1-3H3/t17-,20+/m0/s1.